The Morgan fingerprint density at radius 2 is 1.83 bits per heavy atom. The summed E-state index contributed by atoms with van der Waals surface area (Å²) in [5.74, 6) is 0. The van der Waals surface area contributed by atoms with Crippen LogP contribution in [0.1, 0.15) is 16.8 Å². The second-order valence-electron chi connectivity index (χ2n) is 5.62. The summed E-state index contributed by atoms with van der Waals surface area (Å²) in [4.78, 5) is 0.122. The van der Waals surface area contributed by atoms with E-state index in [2.05, 4.69) is 41.8 Å². The third-order valence-corrected chi connectivity index (χ3v) is 4.36. The van der Waals surface area contributed by atoms with Gasteiger partial charge in [-0.1, -0.05) is 60.7 Å². The molecule has 0 aliphatic carbocycles. The summed E-state index contributed by atoms with van der Waals surface area (Å²) in [7, 11) is 0. The average molecular weight is 331 g/mol. The van der Waals surface area contributed by atoms with Gasteiger partial charge in [-0.25, -0.2) is 0 Å². The van der Waals surface area contributed by atoms with Crippen LogP contribution in [0.15, 0.2) is 60.2 Å². The van der Waals surface area contributed by atoms with E-state index in [0.29, 0.717) is 5.57 Å². The van der Waals surface area contributed by atoms with Crippen LogP contribution < -0.4 is 5.73 Å². The fourth-order valence-electron chi connectivity index (χ4n) is 2.91. The molecule has 0 amide bonds. The zero-order chi connectivity index (χ0) is 17.1. The molecule has 3 aromatic rings. The van der Waals surface area contributed by atoms with Crippen LogP contribution >= 0.6 is 12.2 Å². The molecule has 4 heteroatoms. The van der Waals surface area contributed by atoms with E-state index in [1.807, 2.05) is 30.3 Å². The lowest BCUT2D eigenvalue weighted by atomic mass is 10.1. The highest BCUT2D eigenvalue weighted by Gasteiger charge is 2.13. The minimum Gasteiger partial charge on any atom is -0.389 e. The predicted molar refractivity (Wildman–Crippen MR) is 103 cm³/mol. The lowest BCUT2D eigenvalue weighted by molar-refractivity contribution is 0.804. The van der Waals surface area contributed by atoms with Crippen LogP contribution in [0.4, 0.5) is 0 Å². The Bertz CT molecular complexity index is 975. The molecule has 0 bridgehead atoms. The molecule has 1 aromatic heterocycles. The Morgan fingerprint density at radius 1 is 1.17 bits per heavy atom. The summed E-state index contributed by atoms with van der Waals surface area (Å²) < 4.78 is 2.26. The van der Waals surface area contributed by atoms with Crippen molar-refractivity contribution in [1.82, 2.24) is 4.57 Å². The van der Waals surface area contributed by atoms with E-state index in [9.17, 15) is 5.26 Å². The zero-order valence-electron chi connectivity index (χ0n) is 13.4. The summed E-state index contributed by atoms with van der Waals surface area (Å²) in [5.41, 5.74) is 10.4. The van der Waals surface area contributed by atoms with E-state index in [1.165, 1.54) is 5.56 Å². The molecule has 0 radical (unpaired) electrons. The van der Waals surface area contributed by atoms with Gasteiger partial charge in [-0.15, -0.1) is 0 Å². The quantitative estimate of drug-likeness (QED) is 0.443. The number of fused-ring (bicyclic) bond motifs is 1. The van der Waals surface area contributed by atoms with Gasteiger partial charge in [-0.2, -0.15) is 5.26 Å². The number of thiocarbonyl (C=S) groups is 1. The van der Waals surface area contributed by atoms with Crippen molar-refractivity contribution >= 4 is 34.2 Å². The molecular weight excluding hydrogens is 314 g/mol. The first-order valence-corrected chi connectivity index (χ1v) is 8.06. The van der Waals surface area contributed by atoms with Gasteiger partial charge in [0.1, 0.15) is 11.1 Å². The molecule has 0 spiro atoms. The molecule has 0 saturated heterocycles. The van der Waals surface area contributed by atoms with Crippen LogP contribution in [0, 0.1) is 18.3 Å². The van der Waals surface area contributed by atoms with Gasteiger partial charge in [0.25, 0.3) is 0 Å². The normalized spacial score (nSPS) is 11.4. The number of para-hydroxylation sites is 1. The van der Waals surface area contributed by atoms with Gasteiger partial charge < -0.3 is 10.3 Å². The van der Waals surface area contributed by atoms with Crippen molar-refractivity contribution in [3.63, 3.8) is 0 Å². The Labute approximate surface area is 146 Å². The van der Waals surface area contributed by atoms with Crippen LogP contribution in [0.3, 0.4) is 0 Å². The maximum Gasteiger partial charge on any atom is 0.114 e. The molecule has 24 heavy (non-hydrogen) atoms. The van der Waals surface area contributed by atoms with E-state index < -0.39 is 0 Å². The first-order valence-electron chi connectivity index (χ1n) is 7.65. The SMILES string of the molecule is Cc1c(/C=C(/C#N)C(N)=S)c2ccccc2n1Cc1ccccc1. The molecule has 0 atom stereocenters. The van der Waals surface area contributed by atoms with Crippen LogP contribution in [-0.4, -0.2) is 9.56 Å². The van der Waals surface area contributed by atoms with Crippen molar-refractivity contribution in [3.8, 4) is 6.07 Å². The molecule has 2 N–H and O–H groups in total. The highest BCUT2D eigenvalue weighted by atomic mass is 32.1. The highest BCUT2D eigenvalue weighted by molar-refractivity contribution is 7.80. The van der Waals surface area contributed by atoms with Gasteiger partial charge in [0.2, 0.25) is 0 Å². The molecule has 0 aliphatic rings. The van der Waals surface area contributed by atoms with Crippen LogP contribution in [-0.2, 0) is 6.54 Å². The summed E-state index contributed by atoms with van der Waals surface area (Å²) in [5, 5.41) is 10.4. The van der Waals surface area contributed by atoms with E-state index in [0.717, 1.165) is 28.7 Å². The van der Waals surface area contributed by atoms with Crippen molar-refractivity contribution in [2.75, 3.05) is 0 Å². The number of hydrogen-bond donors (Lipinski definition) is 1. The molecule has 118 valence electrons. The van der Waals surface area contributed by atoms with E-state index in [1.54, 1.807) is 6.08 Å². The Balaban J connectivity index is 2.20. The molecule has 0 unspecified atom stereocenters. The molecule has 3 nitrogen and oxygen atoms in total. The molecule has 3 rings (SSSR count). The van der Waals surface area contributed by atoms with Crippen molar-refractivity contribution in [2.24, 2.45) is 5.73 Å². The number of hydrogen-bond acceptors (Lipinski definition) is 2. The second-order valence-corrected chi connectivity index (χ2v) is 6.06. The van der Waals surface area contributed by atoms with Crippen molar-refractivity contribution in [2.45, 2.75) is 13.5 Å². The maximum atomic E-state index is 9.27. The molecule has 0 aliphatic heterocycles. The largest absolute Gasteiger partial charge is 0.389 e. The van der Waals surface area contributed by atoms with Gasteiger partial charge in [0.05, 0.1) is 5.57 Å². The number of benzene rings is 2. The van der Waals surface area contributed by atoms with E-state index in [4.69, 9.17) is 18.0 Å². The van der Waals surface area contributed by atoms with E-state index in [-0.39, 0.29) is 4.99 Å². The highest BCUT2D eigenvalue weighted by Crippen LogP contribution is 2.28. The molecule has 0 saturated carbocycles. The summed E-state index contributed by atoms with van der Waals surface area (Å²) in [6, 6.07) is 20.6. The van der Waals surface area contributed by atoms with Crippen LogP contribution in [0.25, 0.3) is 17.0 Å². The van der Waals surface area contributed by atoms with Crippen molar-refractivity contribution in [3.05, 3.63) is 77.0 Å². The van der Waals surface area contributed by atoms with Crippen LogP contribution in [0.2, 0.25) is 0 Å². The summed E-state index contributed by atoms with van der Waals surface area (Å²) in [6.07, 6.45) is 1.79. The Kier molecular flexibility index (Phi) is 4.45. The van der Waals surface area contributed by atoms with Gasteiger partial charge in [0.15, 0.2) is 0 Å². The first-order chi connectivity index (χ1) is 11.6. The van der Waals surface area contributed by atoms with Gasteiger partial charge in [0, 0.05) is 28.7 Å². The monoisotopic (exact) mass is 331 g/mol. The standard InChI is InChI=1S/C20H17N3S/c1-14-18(11-16(12-21)20(22)24)17-9-5-6-10-19(17)23(14)13-15-7-3-2-4-8-15/h2-11H,13H2,1H3,(H2,22,24)/b16-11-. The lowest BCUT2D eigenvalue weighted by Crippen LogP contribution is -2.09. The number of rotatable bonds is 4. The number of aromatic nitrogens is 1. The third-order valence-electron chi connectivity index (χ3n) is 4.14. The minimum atomic E-state index is 0.122. The first kappa shape index (κ1) is 16.0. The van der Waals surface area contributed by atoms with Crippen molar-refractivity contribution < 1.29 is 0 Å². The zero-order valence-corrected chi connectivity index (χ0v) is 14.2. The number of nitrogens with zero attached hydrogens (tertiary/aromatic N) is 2. The average Bonchev–Trinajstić information content (AvgIpc) is 2.85. The summed E-state index contributed by atoms with van der Waals surface area (Å²) >= 11 is 4.97. The maximum absolute atomic E-state index is 9.27. The van der Waals surface area contributed by atoms with Gasteiger partial charge in [-0.3, -0.25) is 0 Å². The molecular formula is C20H17N3S. The Hall–Kier alpha value is -2.90. The summed E-state index contributed by atoms with van der Waals surface area (Å²) in [6.45, 7) is 2.83. The fourth-order valence-corrected chi connectivity index (χ4v) is 3.02. The third kappa shape index (κ3) is 2.94. The second kappa shape index (κ2) is 6.69. The molecule has 1 heterocycles. The number of nitrogens with two attached hydrogens (primary N) is 1. The predicted octanol–water partition coefficient (Wildman–Crippen LogP) is 4.19. The topological polar surface area (TPSA) is 54.7 Å². The smallest absolute Gasteiger partial charge is 0.114 e. The van der Waals surface area contributed by atoms with Gasteiger partial charge in [-0.05, 0) is 24.6 Å². The van der Waals surface area contributed by atoms with Gasteiger partial charge >= 0.3 is 0 Å². The number of nitriles is 1. The van der Waals surface area contributed by atoms with Crippen molar-refractivity contribution in [1.29, 1.82) is 5.26 Å². The molecule has 0 fully saturated rings. The van der Waals surface area contributed by atoms with E-state index >= 15 is 0 Å². The lowest BCUT2D eigenvalue weighted by Gasteiger charge is -2.08. The minimum absolute atomic E-state index is 0.122. The fraction of sp³-hybridized carbons (Fsp3) is 0.100. The Morgan fingerprint density at radius 3 is 2.50 bits per heavy atom. The van der Waals surface area contributed by atoms with Crippen LogP contribution in [0.5, 0.6) is 0 Å². The molecule has 2 aromatic carbocycles.